The van der Waals surface area contributed by atoms with Gasteiger partial charge in [0.15, 0.2) is 0 Å². The molecule has 5 heteroatoms. The molecule has 0 aromatic heterocycles. The molecule has 1 saturated heterocycles. The van der Waals surface area contributed by atoms with E-state index >= 15 is 0 Å². The summed E-state index contributed by atoms with van der Waals surface area (Å²) in [6.45, 7) is 4.12. The van der Waals surface area contributed by atoms with Gasteiger partial charge in [0.05, 0.1) is 29.7 Å². The molecule has 1 heterocycles. The summed E-state index contributed by atoms with van der Waals surface area (Å²) in [4.78, 5) is 39.9. The molecule has 5 rings (SSSR count). The number of fused-ring (bicyclic) bond motifs is 5. The number of carbonyl (C=O) groups is 3. The van der Waals surface area contributed by atoms with Crippen LogP contribution in [0.15, 0.2) is 72.3 Å². The fraction of sp³-hybridized carbons (Fsp3) is 0.269. The first-order valence-corrected chi connectivity index (χ1v) is 10.6. The number of esters is 1. The molecule has 156 valence electrons. The number of hydrogen-bond donors (Lipinski definition) is 0. The zero-order valence-corrected chi connectivity index (χ0v) is 17.4. The van der Waals surface area contributed by atoms with Crippen LogP contribution in [-0.2, 0) is 14.3 Å². The second-order valence-corrected chi connectivity index (χ2v) is 8.21. The number of nitrogens with zero attached hydrogens (tertiary/aromatic N) is 1. The number of imide groups is 1. The normalized spacial score (nSPS) is 25.9. The molecular weight excluding hydrogens is 390 g/mol. The minimum atomic E-state index is -0.418. The molecule has 2 amide bonds. The van der Waals surface area contributed by atoms with Crippen LogP contribution in [0, 0.1) is 23.7 Å². The van der Waals surface area contributed by atoms with E-state index in [4.69, 9.17) is 4.74 Å². The van der Waals surface area contributed by atoms with Gasteiger partial charge >= 0.3 is 5.97 Å². The summed E-state index contributed by atoms with van der Waals surface area (Å²) in [5.74, 6) is -1.55. The summed E-state index contributed by atoms with van der Waals surface area (Å²) < 4.78 is 5.00. The summed E-state index contributed by atoms with van der Waals surface area (Å²) in [7, 11) is 0. The third-order valence-corrected chi connectivity index (χ3v) is 6.69. The smallest absolute Gasteiger partial charge is 0.338 e. The lowest BCUT2D eigenvalue weighted by Gasteiger charge is -2.20. The first kappa shape index (κ1) is 19.5. The standard InChI is InChI=1S/C26H23NO4/c1-3-31-26(30)17-9-11-18(12-10-17)27-24(28)22-19-13-14-20(23(22)25(27)29)21(19)15(2)16-7-5-4-6-8-16/h4-14,19-20,22-23H,3H2,1-2H3/t19-,20-,22+,23+/m0/s1. The monoisotopic (exact) mass is 413 g/mol. The fourth-order valence-corrected chi connectivity index (χ4v) is 5.33. The number of anilines is 1. The molecule has 5 nitrogen and oxygen atoms in total. The highest BCUT2D eigenvalue weighted by molar-refractivity contribution is 6.23. The third-order valence-electron chi connectivity index (χ3n) is 6.69. The molecule has 0 radical (unpaired) electrons. The minimum Gasteiger partial charge on any atom is -0.462 e. The number of benzene rings is 2. The number of allylic oxidation sites excluding steroid dienone is 4. The van der Waals surface area contributed by atoms with Crippen LogP contribution < -0.4 is 4.90 Å². The molecule has 1 aliphatic heterocycles. The maximum Gasteiger partial charge on any atom is 0.338 e. The SMILES string of the molecule is CCOC(=O)c1ccc(N2C(=O)[C@H]3[C@H](C2=O)[C@H]2C=C[C@H]3C2=C(C)c2ccccc2)cc1. The van der Waals surface area contributed by atoms with Gasteiger partial charge in [-0.05, 0) is 49.2 Å². The number of ether oxygens (including phenoxy) is 1. The summed E-state index contributed by atoms with van der Waals surface area (Å²) in [5.41, 5.74) is 4.38. The highest BCUT2D eigenvalue weighted by Gasteiger charge is 2.62. The van der Waals surface area contributed by atoms with Crippen molar-refractivity contribution in [1.82, 2.24) is 0 Å². The van der Waals surface area contributed by atoms with Crippen molar-refractivity contribution in [1.29, 1.82) is 0 Å². The Bertz CT molecular complexity index is 1100. The van der Waals surface area contributed by atoms with Gasteiger partial charge in [0.2, 0.25) is 11.8 Å². The summed E-state index contributed by atoms with van der Waals surface area (Å²) in [6, 6.07) is 16.6. The number of hydrogen-bond acceptors (Lipinski definition) is 4. The van der Waals surface area contributed by atoms with E-state index < -0.39 is 5.97 Å². The Hall–Kier alpha value is -3.47. The molecule has 2 aromatic rings. The van der Waals surface area contributed by atoms with Crippen LogP contribution in [0.2, 0.25) is 0 Å². The quantitative estimate of drug-likeness (QED) is 0.427. The lowest BCUT2D eigenvalue weighted by Crippen LogP contribution is -2.33. The Morgan fingerprint density at radius 1 is 0.871 bits per heavy atom. The molecule has 4 atom stereocenters. The van der Waals surface area contributed by atoms with Crippen LogP contribution >= 0.6 is 0 Å². The molecule has 2 aliphatic carbocycles. The maximum absolute atomic E-state index is 13.4. The highest BCUT2D eigenvalue weighted by atomic mass is 16.5. The third kappa shape index (κ3) is 2.87. The Morgan fingerprint density at radius 2 is 1.45 bits per heavy atom. The minimum absolute atomic E-state index is 0.0459. The van der Waals surface area contributed by atoms with Crippen molar-refractivity contribution >= 4 is 29.0 Å². The number of rotatable bonds is 4. The largest absolute Gasteiger partial charge is 0.462 e. The van der Waals surface area contributed by atoms with Gasteiger partial charge < -0.3 is 4.74 Å². The van der Waals surface area contributed by atoms with Gasteiger partial charge in [0.25, 0.3) is 0 Å². The van der Waals surface area contributed by atoms with Crippen LogP contribution in [0.1, 0.15) is 29.8 Å². The van der Waals surface area contributed by atoms with Crippen molar-refractivity contribution in [2.45, 2.75) is 13.8 Å². The predicted molar refractivity (Wildman–Crippen MR) is 117 cm³/mol. The molecular formula is C26H23NO4. The summed E-state index contributed by atoms with van der Waals surface area (Å²) in [6.07, 6.45) is 4.18. The second kappa shape index (κ2) is 7.34. The lowest BCUT2D eigenvalue weighted by atomic mass is 9.85. The van der Waals surface area contributed by atoms with Crippen molar-refractivity contribution in [3.8, 4) is 0 Å². The van der Waals surface area contributed by atoms with Crippen molar-refractivity contribution < 1.29 is 19.1 Å². The average Bonchev–Trinajstić information content (AvgIpc) is 3.43. The van der Waals surface area contributed by atoms with E-state index in [1.807, 2.05) is 18.2 Å². The molecule has 1 saturated carbocycles. The van der Waals surface area contributed by atoms with Gasteiger partial charge in [0.1, 0.15) is 0 Å². The fourth-order valence-electron chi connectivity index (χ4n) is 5.33. The van der Waals surface area contributed by atoms with E-state index in [1.165, 1.54) is 10.5 Å². The summed E-state index contributed by atoms with van der Waals surface area (Å²) in [5, 5.41) is 0. The molecule has 0 unspecified atom stereocenters. The Balaban J connectivity index is 1.46. The Morgan fingerprint density at radius 3 is 2.00 bits per heavy atom. The molecule has 0 spiro atoms. The van der Waals surface area contributed by atoms with Crippen LogP contribution in [0.25, 0.3) is 5.57 Å². The van der Waals surface area contributed by atoms with E-state index in [-0.39, 0.29) is 35.5 Å². The van der Waals surface area contributed by atoms with E-state index in [0.717, 1.165) is 11.1 Å². The lowest BCUT2D eigenvalue weighted by molar-refractivity contribution is -0.122. The van der Waals surface area contributed by atoms with E-state index in [1.54, 1.807) is 31.2 Å². The second-order valence-electron chi connectivity index (χ2n) is 8.21. The zero-order chi connectivity index (χ0) is 21.7. The van der Waals surface area contributed by atoms with Crippen molar-refractivity contribution in [2.75, 3.05) is 11.5 Å². The average molecular weight is 413 g/mol. The van der Waals surface area contributed by atoms with E-state index in [2.05, 4.69) is 31.2 Å². The van der Waals surface area contributed by atoms with Gasteiger partial charge in [-0.3, -0.25) is 9.59 Å². The van der Waals surface area contributed by atoms with Crippen molar-refractivity contribution in [3.63, 3.8) is 0 Å². The molecule has 2 bridgehead atoms. The van der Waals surface area contributed by atoms with Crippen LogP contribution in [0.3, 0.4) is 0 Å². The van der Waals surface area contributed by atoms with Gasteiger partial charge in [-0.2, -0.15) is 0 Å². The molecule has 31 heavy (non-hydrogen) atoms. The zero-order valence-electron chi connectivity index (χ0n) is 17.4. The van der Waals surface area contributed by atoms with Crippen molar-refractivity contribution in [2.24, 2.45) is 23.7 Å². The van der Waals surface area contributed by atoms with Gasteiger partial charge in [-0.1, -0.05) is 48.1 Å². The topological polar surface area (TPSA) is 63.7 Å². The molecule has 3 aliphatic rings. The van der Waals surface area contributed by atoms with Crippen LogP contribution in [0.4, 0.5) is 5.69 Å². The number of amides is 2. The first-order chi connectivity index (χ1) is 15.0. The Labute approximate surface area is 181 Å². The molecule has 2 fully saturated rings. The molecule has 0 N–H and O–H groups in total. The van der Waals surface area contributed by atoms with Gasteiger partial charge in [0, 0.05) is 11.8 Å². The van der Waals surface area contributed by atoms with Gasteiger partial charge in [-0.15, -0.1) is 0 Å². The highest BCUT2D eigenvalue weighted by Crippen LogP contribution is 2.58. The predicted octanol–water partition coefficient (Wildman–Crippen LogP) is 4.26. The number of carbonyl (C=O) groups excluding carboxylic acids is 3. The molecule has 2 aromatic carbocycles. The maximum atomic E-state index is 13.4. The van der Waals surface area contributed by atoms with Crippen LogP contribution in [0.5, 0.6) is 0 Å². The van der Waals surface area contributed by atoms with E-state index in [0.29, 0.717) is 17.9 Å². The van der Waals surface area contributed by atoms with Gasteiger partial charge in [-0.25, -0.2) is 9.69 Å². The Kier molecular flexibility index (Phi) is 4.62. The van der Waals surface area contributed by atoms with E-state index in [9.17, 15) is 14.4 Å². The van der Waals surface area contributed by atoms with Crippen LogP contribution in [-0.4, -0.2) is 24.4 Å². The summed E-state index contributed by atoms with van der Waals surface area (Å²) >= 11 is 0. The first-order valence-electron chi connectivity index (χ1n) is 10.6. The van der Waals surface area contributed by atoms with Crippen molar-refractivity contribution in [3.05, 3.63) is 83.4 Å².